The van der Waals surface area contributed by atoms with Crippen LogP contribution in [0, 0.1) is 29.1 Å². The Morgan fingerprint density at radius 1 is 1.10 bits per heavy atom. The van der Waals surface area contributed by atoms with E-state index >= 15 is 0 Å². The molecule has 0 aromatic carbocycles. The Bertz CT molecular complexity index is 339. The van der Waals surface area contributed by atoms with E-state index in [1.165, 1.54) is 58.2 Å². The first kappa shape index (κ1) is 16.8. The summed E-state index contributed by atoms with van der Waals surface area (Å²) in [7, 11) is 4.35. The Kier molecular flexibility index (Phi) is 6.51. The van der Waals surface area contributed by atoms with Crippen molar-refractivity contribution in [2.45, 2.75) is 57.9 Å². The van der Waals surface area contributed by atoms with Crippen LogP contribution in [0.4, 0.5) is 0 Å². The first-order chi connectivity index (χ1) is 10.1. The van der Waals surface area contributed by atoms with Crippen LogP contribution in [-0.4, -0.2) is 49.6 Å². The van der Waals surface area contributed by atoms with Gasteiger partial charge < -0.3 is 4.90 Å². The largest absolute Gasteiger partial charge is 0.309 e. The molecule has 3 heteroatoms. The summed E-state index contributed by atoms with van der Waals surface area (Å²) in [5.74, 6) is 2.00. The average Bonchev–Trinajstić information content (AvgIpc) is 2.48. The van der Waals surface area contributed by atoms with Gasteiger partial charge in [-0.15, -0.1) is 0 Å². The van der Waals surface area contributed by atoms with Crippen LogP contribution in [0.3, 0.4) is 0 Å². The zero-order chi connectivity index (χ0) is 15.2. The smallest absolute Gasteiger partial charge is 0.0672 e. The molecule has 3 atom stereocenters. The normalized spacial score (nSPS) is 32.2. The first-order valence-corrected chi connectivity index (χ1v) is 8.92. The molecular formula is C18H33N3. The van der Waals surface area contributed by atoms with Gasteiger partial charge in [0.2, 0.25) is 0 Å². The number of nitriles is 1. The second kappa shape index (κ2) is 8.15. The Balaban J connectivity index is 1.88. The van der Waals surface area contributed by atoms with Crippen LogP contribution in [0.25, 0.3) is 0 Å². The molecule has 120 valence electrons. The van der Waals surface area contributed by atoms with Gasteiger partial charge in [-0.05, 0) is 71.1 Å². The molecule has 0 radical (unpaired) electrons. The third-order valence-corrected chi connectivity index (χ3v) is 5.53. The van der Waals surface area contributed by atoms with E-state index < -0.39 is 0 Å². The van der Waals surface area contributed by atoms with Crippen molar-refractivity contribution in [3.05, 3.63) is 0 Å². The van der Waals surface area contributed by atoms with E-state index in [0.717, 1.165) is 18.3 Å². The van der Waals surface area contributed by atoms with E-state index in [0.29, 0.717) is 6.04 Å². The first-order valence-electron chi connectivity index (χ1n) is 8.92. The van der Waals surface area contributed by atoms with Crippen LogP contribution < -0.4 is 0 Å². The van der Waals surface area contributed by atoms with E-state index in [1.807, 2.05) is 0 Å². The third kappa shape index (κ3) is 4.69. The minimum atomic E-state index is 0.281. The van der Waals surface area contributed by atoms with Crippen LogP contribution >= 0.6 is 0 Å². The van der Waals surface area contributed by atoms with E-state index in [1.54, 1.807) is 0 Å². The summed E-state index contributed by atoms with van der Waals surface area (Å²) < 4.78 is 0. The summed E-state index contributed by atoms with van der Waals surface area (Å²) in [6.07, 6.45) is 8.94. The zero-order valence-electron chi connectivity index (χ0n) is 14.2. The van der Waals surface area contributed by atoms with Crippen molar-refractivity contribution in [2.24, 2.45) is 17.8 Å². The molecule has 0 aromatic rings. The van der Waals surface area contributed by atoms with Crippen molar-refractivity contribution in [2.75, 3.05) is 33.7 Å². The molecule has 0 N–H and O–H groups in total. The predicted octanol–water partition coefficient (Wildman–Crippen LogP) is 3.37. The maximum Gasteiger partial charge on any atom is 0.0672 e. The fourth-order valence-corrected chi connectivity index (χ4v) is 4.44. The molecule has 1 heterocycles. The number of rotatable bonds is 5. The second-order valence-electron chi connectivity index (χ2n) is 7.51. The highest BCUT2D eigenvalue weighted by molar-refractivity contribution is 4.98. The molecule has 1 saturated heterocycles. The van der Waals surface area contributed by atoms with Crippen LogP contribution in [-0.2, 0) is 0 Å². The van der Waals surface area contributed by atoms with Crippen molar-refractivity contribution in [3.63, 3.8) is 0 Å². The van der Waals surface area contributed by atoms with Gasteiger partial charge in [-0.3, -0.25) is 4.90 Å². The van der Waals surface area contributed by atoms with Gasteiger partial charge in [-0.25, -0.2) is 0 Å². The molecule has 3 unspecified atom stereocenters. The maximum absolute atomic E-state index is 9.50. The van der Waals surface area contributed by atoms with Crippen molar-refractivity contribution >= 4 is 0 Å². The second-order valence-corrected chi connectivity index (χ2v) is 7.51. The molecule has 3 nitrogen and oxygen atoms in total. The standard InChI is InChI=1S/C18H33N3/c1-4-5-15-6-7-17(13-19)18(12-15)21-10-8-16(9-11-21)14-20(2)3/h15-18H,4-12,14H2,1-3H3. The number of hydrogen-bond donors (Lipinski definition) is 0. The van der Waals surface area contributed by atoms with Crippen molar-refractivity contribution < 1.29 is 0 Å². The highest BCUT2D eigenvalue weighted by Gasteiger charge is 2.35. The summed E-state index contributed by atoms with van der Waals surface area (Å²) in [6.45, 7) is 5.93. The monoisotopic (exact) mass is 291 g/mol. The molecule has 1 aliphatic carbocycles. The molecule has 2 rings (SSSR count). The fourth-order valence-electron chi connectivity index (χ4n) is 4.44. The van der Waals surface area contributed by atoms with Gasteiger partial charge in [0.15, 0.2) is 0 Å². The summed E-state index contributed by atoms with van der Waals surface area (Å²) in [4.78, 5) is 4.97. The lowest BCUT2D eigenvalue weighted by molar-refractivity contribution is 0.0608. The Morgan fingerprint density at radius 3 is 2.38 bits per heavy atom. The summed E-state index contributed by atoms with van der Waals surface area (Å²) in [5.41, 5.74) is 0. The molecule has 2 aliphatic rings. The fraction of sp³-hybridized carbons (Fsp3) is 0.944. The average molecular weight is 291 g/mol. The Hall–Kier alpha value is -0.590. The highest BCUT2D eigenvalue weighted by Crippen LogP contribution is 2.36. The molecule has 1 saturated carbocycles. The molecule has 2 fully saturated rings. The minimum Gasteiger partial charge on any atom is -0.309 e. The van der Waals surface area contributed by atoms with Gasteiger partial charge in [-0.2, -0.15) is 5.26 Å². The quantitative estimate of drug-likeness (QED) is 0.778. The molecule has 0 aromatic heterocycles. The molecule has 21 heavy (non-hydrogen) atoms. The van der Waals surface area contributed by atoms with Gasteiger partial charge >= 0.3 is 0 Å². The van der Waals surface area contributed by atoms with E-state index in [4.69, 9.17) is 0 Å². The molecule has 0 spiro atoms. The van der Waals surface area contributed by atoms with Gasteiger partial charge in [0.05, 0.1) is 12.0 Å². The zero-order valence-corrected chi connectivity index (χ0v) is 14.2. The molecule has 0 amide bonds. The van der Waals surface area contributed by atoms with Gasteiger partial charge in [-0.1, -0.05) is 19.8 Å². The van der Waals surface area contributed by atoms with Crippen LogP contribution in [0.2, 0.25) is 0 Å². The van der Waals surface area contributed by atoms with Crippen LogP contribution in [0.5, 0.6) is 0 Å². The summed E-state index contributed by atoms with van der Waals surface area (Å²) in [5, 5.41) is 9.50. The number of likely N-dealkylation sites (tertiary alicyclic amines) is 1. The Morgan fingerprint density at radius 2 is 1.81 bits per heavy atom. The molecule has 1 aliphatic heterocycles. The lowest BCUT2D eigenvalue weighted by atomic mass is 9.76. The molecular weight excluding hydrogens is 258 g/mol. The van der Waals surface area contributed by atoms with Gasteiger partial charge in [0, 0.05) is 12.6 Å². The SMILES string of the molecule is CCCC1CCC(C#N)C(N2CCC(CN(C)C)CC2)C1. The van der Waals surface area contributed by atoms with E-state index in [-0.39, 0.29) is 5.92 Å². The topological polar surface area (TPSA) is 30.3 Å². The van der Waals surface area contributed by atoms with Gasteiger partial charge in [0.1, 0.15) is 0 Å². The maximum atomic E-state index is 9.50. The van der Waals surface area contributed by atoms with E-state index in [9.17, 15) is 5.26 Å². The van der Waals surface area contributed by atoms with Gasteiger partial charge in [0.25, 0.3) is 0 Å². The summed E-state index contributed by atoms with van der Waals surface area (Å²) in [6, 6.07) is 3.15. The highest BCUT2D eigenvalue weighted by atomic mass is 15.2. The molecule has 0 bridgehead atoms. The number of hydrogen-bond acceptors (Lipinski definition) is 3. The predicted molar refractivity (Wildman–Crippen MR) is 88.0 cm³/mol. The van der Waals surface area contributed by atoms with Crippen molar-refractivity contribution in [1.82, 2.24) is 9.80 Å². The Labute approximate surface area is 131 Å². The van der Waals surface area contributed by atoms with E-state index in [2.05, 4.69) is 36.9 Å². The lowest BCUT2D eigenvalue weighted by Gasteiger charge is -2.43. The lowest BCUT2D eigenvalue weighted by Crippen LogP contribution is -2.48. The van der Waals surface area contributed by atoms with Crippen LogP contribution in [0.15, 0.2) is 0 Å². The van der Waals surface area contributed by atoms with Crippen molar-refractivity contribution in [1.29, 1.82) is 5.26 Å². The minimum absolute atomic E-state index is 0.281. The van der Waals surface area contributed by atoms with Crippen LogP contribution in [0.1, 0.15) is 51.9 Å². The number of nitrogens with zero attached hydrogens (tertiary/aromatic N) is 3. The third-order valence-electron chi connectivity index (χ3n) is 5.53. The number of piperidine rings is 1. The summed E-state index contributed by atoms with van der Waals surface area (Å²) >= 11 is 0. The van der Waals surface area contributed by atoms with Crippen molar-refractivity contribution in [3.8, 4) is 6.07 Å².